The van der Waals surface area contributed by atoms with Crippen molar-refractivity contribution in [3.63, 3.8) is 0 Å². The first-order chi connectivity index (χ1) is 10.7. The summed E-state index contributed by atoms with van der Waals surface area (Å²) in [4.78, 5) is 27.2. The van der Waals surface area contributed by atoms with Gasteiger partial charge in [-0.3, -0.25) is 25.4 Å². The summed E-state index contributed by atoms with van der Waals surface area (Å²) in [6.45, 7) is -0.256. The second kappa shape index (κ2) is 7.63. The molecule has 0 bridgehead atoms. The molecule has 0 spiro atoms. The molecule has 1 aromatic heterocycles. The van der Waals surface area contributed by atoms with E-state index < -0.39 is 11.8 Å². The average molecular weight is 301 g/mol. The number of aromatic nitrogens is 1. The van der Waals surface area contributed by atoms with Gasteiger partial charge in [-0.25, -0.2) is 0 Å². The minimum absolute atomic E-state index is 0.256. The zero-order valence-electron chi connectivity index (χ0n) is 11.9. The lowest BCUT2D eigenvalue weighted by atomic mass is 10.3. The van der Waals surface area contributed by atoms with Crippen LogP contribution in [0.2, 0.25) is 0 Å². The van der Waals surface area contributed by atoms with E-state index in [1.807, 2.05) is 0 Å². The van der Waals surface area contributed by atoms with Crippen LogP contribution in [0.15, 0.2) is 48.8 Å². The van der Waals surface area contributed by atoms with Gasteiger partial charge in [-0.1, -0.05) is 12.1 Å². The number of carbonyl (C=O) groups is 2. The van der Waals surface area contributed by atoms with Gasteiger partial charge in [-0.05, 0) is 24.3 Å². The van der Waals surface area contributed by atoms with Crippen LogP contribution in [0, 0.1) is 0 Å². The van der Waals surface area contributed by atoms with Crippen LogP contribution in [-0.4, -0.2) is 30.5 Å². The lowest BCUT2D eigenvalue weighted by Crippen LogP contribution is -2.43. The van der Waals surface area contributed by atoms with E-state index in [1.54, 1.807) is 42.6 Å². The Bertz CT molecular complexity index is 646. The molecule has 22 heavy (non-hydrogen) atoms. The van der Waals surface area contributed by atoms with Gasteiger partial charge in [0.15, 0.2) is 18.1 Å². The summed E-state index contributed by atoms with van der Waals surface area (Å²) in [6, 6.07) is 10.2. The van der Waals surface area contributed by atoms with Gasteiger partial charge in [0.2, 0.25) is 0 Å². The number of amides is 2. The van der Waals surface area contributed by atoms with Gasteiger partial charge in [0.1, 0.15) is 0 Å². The third-order valence-corrected chi connectivity index (χ3v) is 2.67. The summed E-state index contributed by atoms with van der Waals surface area (Å²) in [6.07, 6.45) is 2.95. The highest BCUT2D eigenvalue weighted by Gasteiger charge is 2.09. The minimum atomic E-state index is -0.497. The van der Waals surface area contributed by atoms with E-state index in [2.05, 4.69) is 15.8 Å². The Morgan fingerprint density at radius 1 is 1.09 bits per heavy atom. The topological polar surface area (TPSA) is 89.5 Å². The maximum atomic E-state index is 11.7. The molecule has 0 aliphatic rings. The Balaban J connectivity index is 1.80. The Kier molecular flexibility index (Phi) is 5.31. The van der Waals surface area contributed by atoms with Gasteiger partial charge < -0.3 is 9.47 Å². The Hall–Kier alpha value is -3.09. The SMILES string of the molecule is COc1ccccc1OCC(=O)NNC(=O)c1cccnc1. The molecule has 7 nitrogen and oxygen atoms in total. The van der Waals surface area contributed by atoms with Gasteiger partial charge in [0, 0.05) is 12.4 Å². The molecule has 1 aromatic carbocycles. The molecule has 2 aromatic rings. The van der Waals surface area contributed by atoms with Crippen LogP contribution in [0.25, 0.3) is 0 Å². The monoisotopic (exact) mass is 301 g/mol. The Labute approximate surface area is 127 Å². The Morgan fingerprint density at radius 3 is 2.55 bits per heavy atom. The molecular weight excluding hydrogens is 286 g/mol. The number of hydrogen-bond donors (Lipinski definition) is 2. The van der Waals surface area contributed by atoms with Crippen molar-refractivity contribution in [2.45, 2.75) is 0 Å². The molecule has 0 aliphatic heterocycles. The van der Waals surface area contributed by atoms with Gasteiger partial charge >= 0.3 is 0 Å². The number of nitrogens with zero attached hydrogens (tertiary/aromatic N) is 1. The zero-order valence-corrected chi connectivity index (χ0v) is 11.9. The largest absolute Gasteiger partial charge is 0.493 e. The second-order valence-electron chi connectivity index (χ2n) is 4.18. The summed E-state index contributed by atoms with van der Waals surface area (Å²) < 4.78 is 10.4. The van der Waals surface area contributed by atoms with Crippen LogP contribution < -0.4 is 20.3 Å². The first-order valence-corrected chi connectivity index (χ1v) is 6.45. The van der Waals surface area contributed by atoms with E-state index in [1.165, 1.54) is 13.3 Å². The summed E-state index contributed by atoms with van der Waals surface area (Å²) in [7, 11) is 1.51. The highest BCUT2D eigenvalue weighted by atomic mass is 16.5. The molecule has 0 unspecified atom stereocenters. The second-order valence-corrected chi connectivity index (χ2v) is 4.18. The molecule has 2 rings (SSSR count). The average Bonchev–Trinajstić information content (AvgIpc) is 2.58. The van der Waals surface area contributed by atoms with Gasteiger partial charge in [-0.2, -0.15) is 0 Å². The van der Waals surface area contributed by atoms with E-state index in [0.717, 1.165) is 0 Å². The van der Waals surface area contributed by atoms with Gasteiger partial charge in [0.05, 0.1) is 12.7 Å². The normalized spacial score (nSPS) is 9.68. The number of ether oxygens (including phenoxy) is 2. The first-order valence-electron chi connectivity index (χ1n) is 6.45. The minimum Gasteiger partial charge on any atom is -0.493 e. The lowest BCUT2D eigenvalue weighted by molar-refractivity contribution is -0.123. The van der Waals surface area contributed by atoms with Crippen molar-refractivity contribution >= 4 is 11.8 Å². The number of methoxy groups -OCH3 is 1. The van der Waals surface area contributed by atoms with Gasteiger partial charge in [0.25, 0.3) is 11.8 Å². The number of hydrazine groups is 1. The standard InChI is InChI=1S/C15H15N3O4/c1-21-12-6-2-3-7-13(12)22-10-14(19)17-18-15(20)11-5-4-8-16-9-11/h2-9H,10H2,1H3,(H,17,19)(H,18,20). The van der Waals surface area contributed by atoms with Crippen LogP contribution in [0.1, 0.15) is 10.4 Å². The summed E-state index contributed by atoms with van der Waals surface area (Å²) in [5.74, 6) is 0.00956. The molecule has 0 aliphatic carbocycles. The number of pyridine rings is 1. The van der Waals surface area contributed by atoms with Crippen molar-refractivity contribution < 1.29 is 19.1 Å². The fourth-order valence-electron chi connectivity index (χ4n) is 1.61. The molecule has 2 N–H and O–H groups in total. The van der Waals surface area contributed by atoms with Crippen LogP contribution in [0.4, 0.5) is 0 Å². The number of para-hydroxylation sites is 2. The smallest absolute Gasteiger partial charge is 0.276 e. The van der Waals surface area contributed by atoms with E-state index in [0.29, 0.717) is 17.1 Å². The molecule has 0 radical (unpaired) electrons. The van der Waals surface area contributed by atoms with E-state index in [9.17, 15) is 9.59 Å². The zero-order chi connectivity index (χ0) is 15.8. The third-order valence-electron chi connectivity index (χ3n) is 2.67. The number of nitrogens with one attached hydrogen (secondary N) is 2. The molecule has 0 atom stereocenters. The molecule has 1 heterocycles. The summed E-state index contributed by atoms with van der Waals surface area (Å²) in [5, 5.41) is 0. The molecule has 2 amide bonds. The molecule has 0 saturated carbocycles. The number of rotatable bonds is 5. The fraction of sp³-hybridized carbons (Fsp3) is 0.133. The van der Waals surface area contributed by atoms with Crippen LogP contribution >= 0.6 is 0 Å². The van der Waals surface area contributed by atoms with Crippen molar-refractivity contribution in [1.29, 1.82) is 0 Å². The predicted octanol–water partition coefficient (Wildman–Crippen LogP) is 0.930. The number of benzene rings is 1. The quantitative estimate of drug-likeness (QED) is 0.802. The van der Waals surface area contributed by atoms with Gasteiger partial charge in [-0.15, -0.1) is 0 Å². The van der Waals surface area contributed by atoms with E-state index in [4.69, 9.17) is 9.47 Å². The van der Waals surface area contributed by atoms with E-state index >= 15 is 0 Å². The van der Waals surface area contributed by atoms with E-state index in [-0.39, 0.29) is 6.61 Å². The third kappa shape index (κ3) is 4.20. The Morgan fingerprint density at radius 2 is 1.86 bits per heavy atom. The van der Waals surface area contributed by atoms with Crippen molar-refractivity contribution in [1.82, 2.24) is 15.8 Å². The summed E-state index contributed by atoms with van der Waals surface area (Å²) >= 11 is 0. The van der Waals surface area contributed by atoms with Crippen LogP contribution in [0.3, 0.4) is 0 Å². The van der Waals surface area contributed by atoms with Crippen molar-refractivity contribution in [2.75, 3.05) is 13.7 Å². The predicted molar refractivity (Wildman–Crippen MR) is 78.3 cm³/mol. The van der Waals surface area contributed by atoms with Crippen molar-refractivity contribution in [2.24, 2.45) is 0 Å². The molecule has 114 valence electrons. The van der Waals surface area contributed by atoms with Crippen molar-refractivity contribution in [3.8, 4) is 11.5 Å². The summed E-state index contributed by atoms with van der Waals surface area (Å²) in [5.41, 5.74) is 4.87. The first kappa shape index (κ1) is 15.3. The fourth-order valence-corrected chi connectivity index (χ4v) is 1.61. The number of carbonyl (C=O) groups excluding carboxylic acids is 2. The van der Waals surface area contributed by atoms with Crippen molar-refractivity contribution in [3.05, 3.63) is 54.4 Å². The maximum Gasteiger partial charge on any atom is 0.276 e. The highest BCUT2D eigenvalue weighted by molar-refractivity contribution is 5.95. The maximum absolute atomic E-state index is 11.7. The van der Waals surface area contributed by atoms with Crippen LogP contribution in [0.5, 0.6) is 11.5 Å². The molecular formula is C15H15N3O4. The lowest BCUT2D eigenvalue weighted by Gasteiger charge is -2.11. The highest BCUT2D eigenvalue weighted by Crippen LogP contribution is 2.25. The molecule has 7 heteroatoms. The van der Waals surface area contributed by atoms with Crippen LogP contribution in [-0.2, 0) is 4.79 Å². The number of hydrogen-bond acceptors (Lipinski definition) is 5. The molecule has 0 fully saturated rings. The molecule has 0 saturated heterocycles.